The molecule has 6 nitrogen and oxygen atoms in total. The number of aliphatic hydroxyl groups excluding tert-OH is 1. The Bertz CT molecular complexity index is 242. The van der Waals surface area contributed by atoms with Crippen molar-refractivity contribution in [2.45, 2.75) is 12.3 Å². The Hall–Kier alpha value is -0.0400. The quantitative estimate of drug-likeness (QED) is 0.438. The Morgan fingerprint density at radius 2 is 2.07 bits per heavy atom. The van der Waals surface area contributed by atoms with Crippen LogP contribution in [0, 0.1) is 0 Å². The molecule has 0 heterocycles. The highest BCUT2D eigenvalue weighted by molar-refractivity contribution is 7.46. The molecule has 0 unspecified atom stereocenters. The van der Waals surface area contributed by atoms with Crippen molar-refractivity contribution in [3.63, 3.8) is 0 Å². The molecule has 0 rings (SSSR count). The zero-order valence-corrected chi connectivity index (χ0v) is 8.49. The molecule has 14 heavy (non-hydrogen) atoms. The summed E-state index contributed by atoms with van der Waals surface area (Å²) in [5, 5.41) is 8.75. The fourth-order valence-electron chi connectivity index (χ4n) is 0.520. The fraction of sp³-hybridized carbons (Fsp3) is 0.800. The third kappa shape index (κ3) is 5.64. The predicted molar refractivity (Wildman–Crippen MR) is 44.6 cm³/mol. The fourth-order valence-corrected chi connectivity index (χ4v) is 0.972. The van der Waals surface area contributed by atoms with E-state index in [2.05, 4.69) is 4.52 Å². The zero-order chi connectivity index (χ0) is 11.4. The van der Waals surface area contributed by atoms with E-state index in [9.17, 15) is 13.8 Å². The summed E-state index contributed by atoms with van der Waals surface area (Å²) in [7, 11) is -4.80. The highest BCUT2D eigenvalue weighted by Gasteiger charge is 2.27. The van der Waals surface area contributed by atoms with Crippen LogP contribution in [0.25, 0.3) is 0 Å². The lowest BCUT2D eigenvalue weighted by atomic mass is 10.2. The van der Waals surface area contributed by atoms with Crippen molar-refractivity contribution in [2.75, 3.05) is 12.5 Å². The van der Waals surface area contributed by atoms with Gasteiger partial charge in [-0.05, 0) is 0 Å². The lowest BCUT2D eigenvalue weighted by Gasteiger charge is -2.11. The maximum absolute atomic E-state index is 12.7. The van der Waals surface area contributed by atoms with Crippen LogP contribution in [0.2, 0.25) is 0 Å². The summed E-state index contributed by atoms with van der Waals surface area (Å²) < 4.78 is 26.6. The van der Waals surface area contributed by atoms with Crippen molar-refractivity contribution < 1.29 is 33.2 Å². The third-order valence-corrected chi connectivity index (χ3v) is 1.96. The molecule has 0 bridgehead atoms. The summed E-state index contributed by atoms with van der Waals surface area (Å²) in [6, 6.07) is 0. The van der Waals surface area contributed by atoms with Gasteiger partial charge < -0.3 is 14.9 Å². The first kappa shape index (κ1) is 14.0. The van der Waals surface area contributed by atoms with Crippen molar-refractivity contribution in [3.05, 3.63) is 0 Å². The molecular weight excluding hydrogens is 241 g/mol. The number of hydrogen-bond donors (Lipinski definition) is 3. The van der Waals surface area contributed by atoms with Gasteiger partial charge in [-0.15, -0.1) is 11.6 Å². The van der Waals surface area contributed by atoms with Crippen molar-refractivity contribution >= 4 is 25.2 Å². The van der Waals surface area contributed by atoms with E-state index in [4.69, 9.17) is 26.5 Å². The second-order valence-corrected chi connectivity index (χ2v) is 3.90. The second-order valence-electron chi connectivity index (χ2n) is 2.35. The first-order valence-electron chi connectivity index (χ1n) is 3.39. The van der Waals surface area contributed by atoms with Gasteiger partial charge in [-0.25, -0.2) is 8.96 Å². The Morgan fingerprint density at radius 1 is 1.57 bits per heavy atom. The van der Waals surface area contributed by atoms with E-state index in [0.717, 1.165) is 0 Å². The van der Waals surface area contributed by atoms with Crippen molar-refractivity contribution in [2.24, 2.45) is 0 Å². The Morgan fingerprint density at radius 3 is 2.43 bits per heavy atom. The smallest absolute Gasteiger partial charge is 0.388 e. The first-order chi connectivity index (χ1) is 6.28. The van der Waals surface area contributed by atoms with Crippen LogP contribution in [0.3, 0.4) is 0 Å². The number of hydrogen-bond acceptors (Lipinski definition) is 4. The minimum absolute atomic E-state index is 0.497. The van der Waals surface area contributed by atoms with Crippen molar-refractivity contribution in [3.8, 4) is 0 Å². The molecule has 0 spiro atoms. The number of ketones is 1. The van der Waals surface area contributed by atoms with Crippen LogP contribution in [-0.2, 0) is 13.9 Å². The molecule has 0 aliphatic heterocycles. The van der Waals surface area contributed by atoms with E-state index in [-0.39, 0.29) is 0 Å². The molecule has 0 aliphatic carbocycles. The first-order valence-corrected chi connectivity index (χ1v) is 5.45. The highest BCUT2D eigenvalue weighted by Crippen LogP contribution is 2.35. The molecular formula is C5H9ClFO6P. The van der Waals surface area contributed by atoms with Crippen LogP contribution in [0.5, 0.6) is 0 Å². The van der Waals surface area contributed by atoms with Gasteiger partial charge >= 0.3 is 7.82 Å². The normalized spacial score (nSPS) is 16.4. The van der Waals surface area contributed by atoms with Gasteiger partial charge in [0.1, 0.15) is 12.7 Å². The van der Waals surface area contributed by atoms with Gasteiger partial charge in [0, 0.05) is 0 Å². The highest BCUT2D eigenvalue weighted by atomic mass is 35.5. The summed E-state index contributed by atoms with van der Waals surface area (Å²) in [4.78, 5) is 27.1. The van der Waals surface area contributed by atoms with Crippen molar-refractivity contribution in [1.29, 1.82) is 0 Å². The number of rotatable bonds is 6. The molecule has 0 aromatic carbocycles. The molecule has 84 valence electrons. The van der Waals surface area contributed by atoms with E-state index in [1.165, 1.54) is 0 Å². The van der Waals surface area contributed by atoms with Gasteiger partial charge in [-0.2, -0.15) is 0 Å². The summed E-state index contributed by atoms with van der Waals surface area (Å²) in [6.07, 6.45) is -4.01. The molecule has 0 amide bonds. The van der Waals surface area contributed by atoms with E-state index in [1.54, 1.807) is 0 Å². The number of Topliss-reactive ketones (excluding diaryl/α,β-unsaturated/α-hetero) is 1. The molecule has 0 aromatic heterocycles. The standard InChI is InChI=1S/C5H9ClFO6P/c6-1-3(8)5(7)4(9)2-13-14(10,11)12/h3,5,8H,1-2H2,(H2,10,11,12)/t3-,5+/m1/s1. The number of carbonyl (C=O) groups is 1. The number of phosphoric ester groups is 1. The maximum Gasteiger partial charge on any atom is 0.470 e. The summed E-state index contributed by atoms with van der Waals surface area (Å²) in [5.41, 5.74) is 0. The minimum atomic E-state index is -4.80. The minimum Gasteiger partial charge on any atom is -0.388 e. The van der Waals surface area contributed by atoms with E-state index < -0.39 is 38.4 Å². The monoisotopic (exact) mass is 250 g/mol. The molecule has 0 fully saturated rings. The maximum atomic E-state index is 12.7. The number of aliphatic hydroxyl groups is 1. The lowest BCUT2D eigenvalue weighted by Crippen LogP contribution is -2.33. The van der Waals surface area contributed by atoms with Gasteiger partial charge in [0.2, 0.25) is 0 Å². The Kier molecular flexibility index (Phi) is 5.73. The van der Waals surface area contributed by atoms with Crippen LogP contribution in [0.15, 0.2) is 0 Å². The van der Waals surface area contributed by atoms with Gasteiger partial charge in [-0.3, -0.25) is 9.32 Å². The molecule has 0 saturated carbocycles. The van der Waals surface area contributed by atoms with E-state index >= 15 is 0 Å². The Balaban J connectivity index is 4.03. The molecule has 0 aromatic rings. The zero-order valence-electron chi connectivity index (χ0n) is 6.84. The summed E-state index contributed by atoms with van der Waals surface area (Å²) in [6.45, 7) is -1.11. The molecule has 3 N–H and O–H groups in total. The molecule has 0 radical (unpaired) electrons. The van der Waals surface area contributed by atoms with Crippen LogP contribution >= 0.6 is 19.4 Å². The van der Waals surface area contributed by atoms with E-state index in [0.29, 0.717) is 0 Å². The van der Waals surface area contributed by atoms with Gasteiger partial charge in [-0.1, -0.05) is 0 Å². The number of carbonyl (C=O) groups excluding carboxylic acids is 1. The van der Waals surface area contributed by atoms with E-state index in [1.807, 2.05) is 0 Å². The van der Waals surface area contributed by atoms with Crippen molar-refractivity contribution in [1.82, 2.24) is 0 Å². The molecule has 2 atom stereocenters. The SMILES string of the molecule is O=C(COP(=O)(O)O)[C@@H](F)[C@H](O)CCl. The lowest BCUT2D eigenvalue weighted by molar-refractivity contribution is -0.129. The van der Waals surface area contributed by atoms with Gasteiger partial charge in [0.25, 0.3) is 0 Å². The summed E-state index contributed by atoms with van der Waals surface area (Å²) >= 11 is 5.04. The van der Waals surface area contributed by atoms with Crippen LogP contribution in [0.1, 0.15) is 0 Å². The topological polar surface area (TPSA) is 104 Å². The van der Waals surface area contributed by atoms with Crippen LogP contribution < -0.4 is 0 Å². The Labute approximate surface area is 83.9 Å². The second kappa shape index (κ2) is 5.75. The van der Waals surface area contributed by atoms with Gasteiger partial charge in [0.15, 0.2) is 12.0 Å². The molecule has 0 saturated heterocycles. The molecule has 0 aliphatic rings. The van der Waals surface area contributed by atoms with Crippen LogP contribution in [-0.4, -0.2) is 45.4 Å². The molecule has 9 heteroatoms. The number of phosphoric acid groups is 1. The predicted octanol–water partition coefficient (Wildman–Crippen LogP) is -0.397. The summed E-state index contributed by atoms with van der Waals surface area (Å²) in [5.74, 6) is -1.77. The third-order valence-electron chi connectivity index (χ3n) is 1.18. The number of alkyl halides is 2. The average molecular weight is 251 g/mol. The van der Waals surface area contributed by atoms with Gasteiger partial charge in [0.05, 0.1) is 5.88 Å². The average Bonchev–Trinajstić information content (AvgIpc) is 2.10. The van der Waals surface area contributed by atoms with Crippen LogP contribution in [0.4, 0.5) is 4.39 Å². The largest absolute Gasteiger partial charge is 0.470 e. The number of halogens is 2.